The monoisotopic (exact) mass is 371 g/mol. The molecule has 0 bridgehead atoms. The Bertz CT molecular complexity index is 706. The summed E-state index contributed by atoms with van der Waals surface area (Å²) in [6.07, 6.45) is 0. The Labute approximate surface area is 135 Å². The van der Waals surface area contributed by atoms with Gasteiger partial charge in [0, 0.05) is 10.6 Å². The number of hydrogen-bond acceptors (Lipinski definition) is 2. The van der Waals surface area contributed by atoms with Crippen LogP contribution in [0, 0.1) is 12.7 Å². The van der Waals surface area contributed by atoms with Crippen LogP contribution in [-0.4, -0.2) is 13.0 Å². The lowest BCUT2D eigenvalue weighted by atomic mass is 10.1. The highest BCUT2D eigenvalue weighted by Crippen LogP contribution is 2.36. The second-order valence-electron chi connectivity index (χ2n) is 4.39. The summed E-state index contributed by atoms with van der Waals surface area (Å²) in [5.74, 6) is -0.258. The third kappa shape index (κ3) is 3.54. The van der Waals surface area contributed by atoms with Crippen LogP contribution in [-0.2, 0) is 0 Å². The van der Waals surface area contributed by atoms with Crippen molar-refractivity contribution in [1.29, 1.82) is 0 Å². The van der Waals surface area contributed by atoms with Gasteiger partial charge in [0.05, 0.1) is 17.3 Å². The maximum atomic E-state index is 13.2. The minimum atomic E-state index is -0.370. The fourth-order valence-electron chi connectivity index (χ4n) is 1.84. The van der Waals surface area contributed by atoms with E-state index in [4.69, 9.17) is 16.3 Å². The van der Waals surface area contributed by atoms with Gasteiger partial charge in [-0.15, -0.1) is 0 Å². The van der Waals surface area contributed by atoms with Crippen molar-refractivity contribution in [3.63, 3.8) is 0 Å². The van der Waals surface area contributed by atoms with Crippen molar-refractivity contribution in [3.05, 3.63) is 56.8 Å². The average Bonchev–Trinajstić information content (AvgIpc) is 2.41. The van der Waals surface area contributed by atoms with Crippen LogP contribution >= 0.6 is 27.5 Å². The van der Waals surface area contributed by atoms with Gasteiger partial charge in [0.1, 0.15) is 5.82 Å². The van der Waals surface area contributed by atoms with Crippen LogP contribution in [0.5, 0.6) is 5.75 Å². The SMILES string of the molecule is COc1c(Br)cc(Cl)cc1NC(=O)c1ccc(F)c(C)c1. The molecule has 0 aliphatic carbocycles. The van der Waals surface area contributed by atoms with Gasteiger partial charge < -0.3 is 10.1 Å². The minimum Gasteiger partial charge on any atom is -0.493 e. The van der Waals surface area contributed by atoms with E-state index in [1.807, 2.05) is 0 Å². The number of halogens is 3. The zero-order valence-corrected chi connectivity index (χ0v) is 13.7. The molecule has 0 saturated carbocycles. The number of benzene rings is 2. The maximum absolute atomic E-state index is 13.2. The number of amides is 1. The molecule has 3 nitrogen and oxygen atoms in total. The molecule has 2 aromatic rings. The summed E-state index contributed by atoms with van der Waals surface area (Å²) >= 11 is 9.28. The maximum Gasteiger partial charge on any atom is 0.255 e. The normalized spacial score (nSPS) is 10.3. The van der Waals surface area contributed by atoms with E-state index in [2.05, 4.69) is 21.2 Å². The summed E-state index contributed by atoms with van der Waals surface area (Å²) in [7, 11) is 1.49. The fourth-order valence-corrected chi connectivity index (χ4v) is 2.81. The summed E-state index contributed by atoms with van der Waals surface area (Å²) in [4.78, 5) is 12.2. The molecule has 0 aromatic heterocycles. The number of hydrogen-bond donors (Lipinski definition) is 1. The van der Waals surface area contributed by atoms with E-state index in [9.17, 15) is 9.18 Å². The van der Waals surface area contributed by atoms with E-state index in [1.54, 1.807) is 19.1 Å². The van der Waals surface area contributed by atoms with Gasteiger partial charge in [0.25, 0.3) is 5.91 Å². The number of methoxy groups -OCH3 is 1. The van der Waals surface area contributed by atoms with Gasteiger partial charge in [-0.1, -0.05) is 11.6 Å². The zero-order valence-electron chi connectivity index (χ0n) is 11.3. The Balaban J connectivity index is 2.33. The van der Waals surface area contributed by atoms with E-state index in [0.29, 0.717) is 32.1 Å². The molecule has 0 radical (unpaired) electrons. The van der Waals surface area contributed by atoms with Crippen LogP contribution in [0.2, 0.25) is 5.02 Å². The highest BCUT2D eigenvalue weighted by atomic mass is 79.9. The van der Waals surface area contributed by atoms with Crippen LogP contribution in [0.4, 0.5) is 10.1 Å². The largest absolute Gasteiger partial charge is 0.493 e. The number of carbonyl (C=O) groups is 1. The third-order valence-corrected chi connectivity index (χ3v) is 3.69. The molecular weight excluding hydrogens is 361 g/mol. The third-order valence-electron chi connectivity index (χ3n) is 2.88. The first-order chi connectivity index (χ1) is 9.92. The molecule has 21 heavy (non-hydrogen) atoms. The second-order valence-corrected chi connectivity index (χ2v) is 5.68. The van der Waals surface area contributed by atoms with Crippen molar-refractivity contribution in [2.24, 2.45) is 0 Å². The summed E-state index contributed by atoms with van der Waals surface area (Å²) in [6.45, 7) is 1.60. The average molecular weight is 373 g/mol. The van der Waals surface area contributed by atoms with Crippen molar-refractivity contribution in [1.82, 2.24) is 0 Å². The first-order valence-electron chi connectivity index (χ1n) is 6.03. The van der Waals surface area contributed by atoms with Crippen LogP contribution in [0.15, 0.2) is 34.8 Å². The summed E-state index contributed by atoms with van der Waals surface area (Å²) in [5, 5.41) is 3.16. The van der Waals surface area contributed by atoms with Crippen LogP contribution in [0.1, 0.15) is 15.9 Å². The predicted molar refractivity (Wildman–Crippen MR) is 84.8 cm³/mol. The smallest absolute Gasteiger partial charge is 0.255 e. The predicted octanol–water partition coefficient (Wildman–Crippen LogP) is 4.81. The molecular formula is C15H12BrClFNO2. The molecule has 0 atom stereocenters. The number of anilines is 1. The van der Waals surface area contributed by atoms with Crippen molar-refractivity contribution in [2.75, 3.05) is 12.4 Å². The van der Waals surface area contributed by atoms with Crippen LogP contribution in [0.25, 0.3) is 0 Å². The number of nitrogens with one attached hydrogen (secondary N) is 1. The second kappa shape index (κ2) is 6.45. The van der Waals surface area contributed by atoms with Gasteiger partial charge >= 0.3 is 0 Å². The fraction of sp³-hybridized carbons (Fsp3) is 0.133. The first kappa shape index (κ1) is 15.8. The van der Waals surface area contributed by atoms with Crippen molar-refractivity contribution >= 4 is 39.1 Å². The lowest BCUT2D eigenvalue weighted by Crippen LogP contribution is -2.13. The Hall–Kier alpha value is -1.59. The first-order valence-corrected chi connectivity index (χ1v) is 7.20. The van der Waals surface area contributed by atoms with Crippen LogP contribution in [0.3, 0.4) is 0 Å². The van der Waals surface area contributed by atoms with Gasteiger partial charge in [0.2, 0.25) is 0 Å². The molecule has 0 aliphatic rings. The highest BCUT2D eigenvalue weighted by Gasteiger charge is 2.14. The molecule has 6 heteroatoms. The molecule has 0 fully saturated rings. The van der Waals surface area contributed by atoms with Gasteiger partial charge in [-0.3, -0.25) is 4.79 Å². The van der Waals surface area contributed by atoms with E-state index in [0.717, 1.165) is 0 Å². The zero-order chi connectivity index (χ0) is 15.6. The molecule has 110 valence electrons. The van der Waals surface area contributed by atoms with Gasteiger partial charge in [-0.25, -0.2) is 4.39 Å². The van der Waals surface area contributed by atoms with Crippen molar-refractivity contribution in [3.8, 4) is 5.75 Å². The van der Waals surface area contributed by atoms with Gasteiger partial charge in [0.15, 0.2) is 5.75 Å². The molecule has 0 aliphatic heterocycles. The number of aryl methyl sites for hydroxylation is 1. The highest BCUT2D eigenvalue weighted by molar-refractivity contribution is 9.10. The van der Waals surface area contributed by atoms with Crippen molar-refractivity contribution in [2.45, 2.75) is 6.92 Å². The topological polar surface area (TPSA) is 38.3 Å². The standard InChI is InChI=1S/C15H12BrClFNO2/c1-8-5-9(3-4-12(8)18)15(20)19-13-7-10(17)6-11(16)14(13)21-2/h3-7H,1-2H3,(H,19,20). The Morgan fingerprint density at radius 3 is 2.67 bits per heavy atom. The minimum absolute atomic E-state index is 0.352. The quantitative estimate of drug-likeness (QED) is 0.839. The van der Waals surface area contributed by atoms with E-state index in [1.165, 1.54) is 25.3 Å². The lowest BCUT2D eigenvalue weighted by Gasteiger charge is -2.12. The molecule has 0 heterocycles. The van der Waals surface area contributed by atoms with Gasteiger partial charge in [-0.2, -0.15) is 0 Å². The Kier molecular flexibility index (Phi) is 4.85. The summed E-state index contributed by atoms with van der Waals surface area (Å²) in [5.41, 5.74) is 1.19. The van der Waals surface area contributed by atoms with E-state index >= 15 is 0 Å². The molecule has 0 spiro atoms. The van der Waals surface area contributed by atoms with Crippen molar-refractivity contribution < 1.29 is 13.9 Å². The lowest BCUT2D eigenvalue weighted by molar-refractivity contribution is 0.102. The summed E-state index contributed by atoms with van der Waals surface area (Å²) in [6, 6.07) is 7.41. The molecule has 1 N–H and O–H groups in total. The number of carbonyl (C=O) groups excluding carboxylic acids is 1. The molecule has 0 unspecified atom stereocenters. The van der Waals surface area contributed by atoms with Crippen LogP contribution < -0.4 is 10.1 Å². The van der Waals surface area contributed by atoms with E-state index < -0.39 is 0 Å². The Morgan fingerprint density at radius 2 is 2.05 bits per heavy atom. The summed E-state index contributed by atoms with van der Waals surface area (Å²) < 4.78 is 19.1. The molecule has 0 saturated heterocycles. The Morgan fingerprint density at radius 1 is 1.33 bits per heavy atom. The number of ether oxygens (including phenoxy) is 1. The molecule has 2 aromatic carbocycles. The van der Waals surface area contributed by atoms with Gasteiger partial charge in [-0.05, 0) is 58.7 Å². The van der Waals surface area contributed by atoms with E-state index in [-0.39, 0.29) is 11.7 Å². The molecule has 2 rings (SSSR count). The molecule has 1 amide bonds. The number of rotatable bonds is 3.